The Hall–Kier alpha value is -3.23. The van der Waals surface area contributed by atoms with Crippen molar-refractivity contribution in [2.45, 2.75) is 17.6 Å². The molecular weight excluding hydrogens is 424 g/mol. The third-order valence-electron chi connectivity index (χ3n) is 4.11. The maximum atomic E-state index is 12.1. The normalized spacial score (nSPS) is 10.9. The van der Waals surface area contributed by atoms with Crippen LogP contribution in [0, 0.1) is 6.92 Å². The molecule has 0 aliphatic heterocycles. The minimum Gasteiger partial charge on any atom is -0.375 e. The van der Waals surface area contributed by atoms with Gasteiger partial charge in [0.25, 0.3) is 5.56 Å². The van der Waals surface area contributed by atoms with Crippen LogP contribution in [0.5, 0.6) is 0 Å². The first kappa shape index (κ1) is 20.1. The van der Waals surface area contributed by atoms with Crippen LogP contribution in [0.1, 0.15) is 11.5 Å². The first-order chi connectivity index (χ1) is 14.5. The summed E-state index contributed by atoms with van der Waals surface area (Å²) in [6.45, 7) is 1.77. The second kappa shape index (κ2) is 8.64. The number of aromatic nitrogens is 2. The number of halogens is 1. The molecule has 0 radical (unpaired) electrons. The molecule has 0 spiro atoms. The molecule has 0 bridgehead atoms. The van der Waals surface area contributed by atoms with Crippen molar-refractivity contribution in [2.24, 2.45) is 0 Å². The molecule has 152 valence electrons. The van der Waals surface area contributed by atoms with E-state index in [1.807, 2.05) is 24.3 Å². The zero-order chi connectivity index (χ0) is 21.1. The number of rotatable bonds is 5. The fourth-order valence-electron chi connectivity index (χ4n) is 2.80. The fraction of sp³-hybridized carbons (Fsp3) is 0.0952. The maximum Gasteiger partial charge on any atom is 0.323 e. The highest BCUT2D eigenvalue weighted by Gasteiger charge is 2.08. The second-order valence-corrected chi connectivity index (χ2v) is 7.97. The standard InChI is InChI=1S/C21H17ClN4O3S/c1-13-9-19-23-17(11-20(27)26(19)29-13)12-30-18-7-5-15(6-8-18)24-21(28)25-16-4-2-3-14(22)10-16/h2-11H,12H2,1H3,(H2,24,25,28). The summed E-state index contributed by atoms with van der Waals surface area (Å²) in [7, 11) is 0. The first-order valence-electron chi connectivity index (χ1n) is 9.02. The zero-order valence-electron chi connectivity index (χ0n) is 15.9. The van der Waals surface area contributed by atoms with Crippen molar-refractivity contribution < 1.29 is 9.32 Å². The van der Waals surface area contributed by atoms with Gasteiger partial charge < -0.3 is 15.2 Å². The van der Waals surface area contributed by atoms with Gasteiger partial charge in [-0.25, -0.2) is 9.78 Å². The molecular formula is C21H17ClN4O3S. The first-order valence-corrected chi connectivity index (χ1v) is 10.4. The average molecular weight is 441 g/mol. The Labute approximate surface area is 181 Å². The van der Waals surface area contributed by atoms with E-state index in [4.69, 9.17) is 16.1 Å². The molecule has 2 amide bonds. The van der Waals surface area contributed by atoms with Crippen LogP contribution in [0.3, 0.4) is 0 Å². The van der Waals surface area contributed by atoms with Gasteiger partial charge in [-0.2, -0.15) is 0 Å². The summed E-state index contributed by atoms with van der Waals surface area (Å²) in [6, 6.07) is 17.2. The molecule has 0 unspecified atom stereocenters. The number of thioether (sulfide) groups is 1. The minimum atomic E-state index is -0.356. The lowest BCUT2D eigenvalue weighted by atomic mass is 10.3. The number of amides is 2. The molecule has 0 saturated heterocycles. The number of fused-ring (bicyclic) bond motifs is 1. The Kier molecular flexibility index (Phi) is 5.78. The number of hydrogen-bond donors (Lipinski definition) is 2. The highest BCUT2D eigenvalue weighted by Crippen LogP contribution is 2.24. The van der Waals surface area contributed by atoms with E-state index in [0.717, 1.165) is 4.90 Å². The van der Waals surface area contributed by atoms with Crippen LogP contribution in [0.4, 0.5) is 16.2 Å². The number of benzene rings is 2. The monoisotopic (exact) mass is 440 g/mol. The molecule has 4 rings (SSSR count). The van der Waals surface area contributed by atoms with E-state index in [0.29, 0.717) is 39.3 Å². The summed E-state index contributed by atoms with van der Waals surface area (Å²) >= 11 is 7.46. The van der Waals surface area contributed by atoms with Crippen LogP contribution in [-0.4, -0.2) is 15.6 Å². The highest BCUT2D eigenvalue weighted by molar-refractivity contribution is 7.98. The number of carbonyl (C=O) groups is 1. The Morgan fingerprint density at radius 3 is 2.63 bits per heavy atom. The molecule has 2 heterocycles. The van der Waals surface area contributed by atoms with Gasteiger partial charge in [-0.3, -0.25) is 4.79 Å². The molecule has 2 aromatic heterocycles. The lowest BCUT2D eigenvalue weighted by molar-refractivity contribution is 0.262. The van der Waals surface area contributed by atoms with E-state index in [9.17, 15) is 9.59 Å². The van der Waals surface area contributed by atoms with Gasteiger partial charge in [-0.15, -0.1) is 16.3 Å². The third-order valence-corrected chi connectivity index (χ3v) is 5.39. The van der Waals surface area contributed by atoms with E-state index in [1.165, 1.54) is 10.6 Å². The van der Waals surface area contributed by atoms with Gasteiger partial charge in [-0.05, 0) is 49.4 Å². The van der Waals surface area contributed by atoms with Gasteiger partial charge in [0.1, 0.15) is 5.76 Å². The van der Waals surface area contributed by atoms with Crippen LogP contribution >= 0.6 is 23.4 Å². The lowest BCUT2D eigenvalue weighted by Crippen LogP contribution is -2.19. The number of aryl methyl sites for hydroxylation is 1. The summed E-state index contributed by atoms with van der Waals surface area (Å²) in [5.74, 6) is 1.17. The second-order valence-electron chi connectivity index (χ2n) is 6.49. The quantitative estimate of drug-likeness (QED) is 0.417. The van der Waals surface area contributed by atoms with E-state index < -0.39 is 0 Å². The molecule has 0 aliphatic carbocycles. The molecule has 4 aromatic rings. The molecule has 2 aromatic carbocycles. The van der Waals surface area contributed by atoms with E-state index in [-0.39, 0.29) is 11.6 Å². The predicted molar refractivity (Wildman–Crippen MR) is 119 cm³/mol. The predicted octanol–water partition coefficient (Wildman–Crippen LogP) is 5.19. The number of hydrogen-bond acceptors (Lipinski definition) is 5. The van der Waals surface area contributed by atoms with Gasteiger partial charge in [-0.1, -0.05) is 17.7 Å². The summed E-state index contributed by atoms with van der Waals surface area (Å²) in [5, 5.41) is 6.05. The summed E-state index contributed by atoms with van der Waals surface area (Å²) < 4.78 is 6.47. The van der Waals surface area contributed by atoms with Crippen molar-refractivity contribution in [3.05, 3.63) is 87.5 Å². The van der Waals surface area contributed by atoms with Gasteiger partial charge in [0.15, 0.2) is 5.65 Å². The summed E-state index contributed by atoms with van der Waals surface area (Å²) in [5.41, 5.74) is 2.20. The Morgan fingerprint density at radius 1 is 1.10 bits per heavy atom. The van der Waals surface area contributed by atoms with E-state index in [1.54, 1.807) is 49.0 Å². The Balaban J connectivity index is 1.35. The lowest BCUT2D eigenvalue weighted by Gasteiger charge is -2.08. The van der Waals surface area contributed by atoms with Crippen molar-refractivity contribution in [1.82, 2.24) is 9.56 Å². The van der Waals surface area contributed by atoms with Gasteiger partial charge in [0.2, 0.25) is 0 Å². The summed E-state index contributed by atoms with van der Waals surface area (Å²) in [4.78, 5) is 29.6. The molecule has 2 N–H and O–H groups in total. The van der Waals surface area contributed by atoms with Crippen LogP contribution in [0.2, 0.25) is 5.02 Å². The third kappa shape index (κ3) is 4.84. The molecule has 0 fully saturated rings. The van der Waals surface area contributed by atoms with Crippen LogP contribution < -0.4 is 16.2 Å². The molecule has 30 heavy (non-hydrogen) atoms. The van der Waals surface area contributed by atoms with Gasteiger partial charge in [0, 0.05) is 39.2 Å². The molecule has 0 aliphatic rings. The number of carbonyl (C=O) groups excluding carboxylic acids is 1. The van der Waals surface area contributed by atoms with Crippen LogP contribution in [0.25, 0.3) is 5.65 Å². The largest absolute Gasteiger partial charge is 0.375 e. The minimum absolute atomic E-state index is 0.242. The van der Waals surface area contributed by atoms with Crippen molar-refractivity contribution in [2.75, 3.05) is 10.6 Å². The topological polar surface area (TPSA) is 88.6 Å². The number of anilines is 2. The zero-order valence-corrected chi connectivity index (χ0v) is 17.5. The summed E-state index contributed by atoms with van der Waals surface area (Å²) in [6.07, 6.45) is 0. The van der Waals surface area contributed by atoms with E-state index >= 15 is 0 Å². The molecule has 0 atom stereocenters. The molecule has 9 heteroatoms. The van der Waals surface area contributed by atoms with Gasteiger partial charge >= 0.3 is 6.03 Å². The van der Waals surface area contributed by atoms with Crippen molar-refractivity contribution in [1.29, 1.82) is 0 Å². The smallest absolute Gasteiger partial charge is 0.323 e. The Morgan fingerprint density at radius 2 is 1.87 bits per heavy atom. The average Bonchev–Trinajstić information content (AvgIpc) is 3.08. The molecule has 0 saturated carbocycles. The highest BCUT2D eigenvalue weighted by atomic mass is 35.5. The number of nitrogens with zero attached hydrogens (tertiary/aromatic N) is 2. The van der Waals surface area contributed by atoms with Crippen LogP contribution in [-0.2, 0) is 5.75 Å². The number of urea groups is 1. The fourth-order valence-corrected chi connectivity index (χ4v) is 3.78. The maximum absolute atomic E-state index is 12.1. The SMILES string of the molecule is Cc1cc2nc(CSc3ccc(NC(=O)Nc4cccc(Cl)c4)cc3)cc(=O)n2o1. The Bertz CT molecular complexity index is 1270. The van der Waals surface area contributed by atoms with Crippen LogP contribution in [0.15, 0.2) is 74.9 Å². The molecule has 7 nitrogen and oxygen atoms in total. The van der Waals surface area contributed by atoms with Crippen molar-refractivity contribution in [3.63, 3.8) is 0 Å². The number of nitrogens with one attached hydrogen (secondary N) is 2. The van der Waals surface area contributed by atoms with Crippen molar-refractivity contribution in [3.8, 4) is 0 Å². The van der Waals surface area contributed by atoms with E-state index in [2.05, 4.69) is 15.6 Å². The van der Waals surface area contributed by atoms with Crippen molar-refractivity contribution >= 4 is 46.4 Å². The van der Waals surface area contributed by atoms with Gasteiger partial charge in [0.05, 0.1) is 5.69 Å².